The first kappa shape index (κ1) is 20.8. The van der Waals surface area contributed by atoms with Crippen LogP contribution < -0.4 is 20.7 Å². The number of ether oxygens (including phenoxy) is 1. The van der Waals surface area contributed by atoms with E-state index in [4.69, 9.17) is 11.2 Å². The second-order valence-corrected chi connectivity index (χ2v) is 6.27. The van der Waals surface area contributed by atoms with Gasteiger partial charge in [-0.25, -0.2) is 0 Å². The van der Waals surface area contributed by atoms with Gasteiger partial charge in [0, 0.05) is 18.3 Å². The lowest BCUT2D eigenvalue weighted by molar-refractivity contribution is -0.115. The number of hydrogen-bond acceptors (Lipinski definition) is 3. The largest absolute Gasteiger partial charge is 0.489 e. The molecule has 0 spiro atoms. The Kier molecular flexibility index (Phi) is 7.92. The Bertz CT molecular complexity index is 871. The van der Waals surface area contributed by atoms with Crippen molar-refractivity contribution in [3.63, 3.8) is 0 Å². The summed E-state index contributed by atoms with van der Waals surface area (Å²) in [5.74, 6) is 3.72. The number of aliphatic imine (C=N–C) groups is 1. The fourth-order valence-corrected chi connectivity index (χ4v) is 2.46. The molecule has 0 fully saturated rings. The van der Waals surface area contributed by atoms with E-state index in [1.165, 1.54) is 0 Å². The second kappa shape index (κ2) is 10.6. The summed E-state index contributed by atoms with van der Waals surface area (Å²) in [5.41, 5.74) is 2.46. The van der Waals surface area contributed by atoms with Crippen molar-refractivity contribution >= 4 is 17.6 Å². The Balaban J connectivity index is 1.77. The second-order valence-electron chi connectivity index (χ2n) is 6.27. The molecule has 0 aliphatic rings. The van der Waals surface area contributed by atoms with Crippen LogP contribution in [0.15, 0.2) is 53.5 Å². The van der Waals surface area contributed by atoms with Crippen LogP contribution in [0.2, 0.25) is 0 Å². The van der Waals surface area contributed by atoms with Crippen molar-refractivity contribution in [1.82, 2.24) is 10.6 Å². The van der Waals surface area contributed by atoms with Crippen molar-refractivity contribution in [1.29, 1.82) is 0 Å². The van der Waals surface area contributed by atoms with Gasteiger partial charge in [-0.15, -0.1) is 6.42 Å². The molecule has 0 saturated carbocycles. The molecule has 0 aliphatic heterocycles. The van der Waals surface area contributed by atoms with E-state index >= 15 is 0 Å². The minimum absolute atomic E-state index is 0.0695. The number of rotatable bonds is 7. The molecule has 0 heterocycles. The van der Waals surface area contributed by atoms with Gasteiger partial charge in [0.1, 0.15) is 11.9 Å². The van der Waals surface area contributed by atoms with Crippen molar-refractivity contribution in [3.8, 4) is 18.1 Å². The van der Waals surface area contributed by atoms with Gasteiger partial charge in [-0.1, -0.05) is 30.2 Å². The molecule has 2 rings (SSSR count). The molecule has 3 N–H and O–H groups in total. The van der Waals surface area contributed by atoms with Crippen LogP contribution in [0.3, 0.4) is 0 Å². The van der Waals surface area contributed by atoms with Crippen LogP contribution in [-0.2, 0) is 4.79 Å². The molecule has 0 bridgehead atoms. The summed E-state index contributed by atoms with van der Waals surface area (Å²) in [6, 6.07) is 15.0. The number of benzene rings is 2. The minimum Gasteiger partial charge on any atom is -0.489 e. The summed E-state index contributed by atoms with van der Waals surface area (Å²) in [6.45, 7) is 4.60. The molecule has 6 nitrogen and oxygen atoms in total. The van der Waals surface area contributed by atoms with Gasteiger partial charge in [-0.05, 0) is 43.7 Å². The molecule has 0 saturated heterocycles. The van der Waals surface area contributed by atoms with Crippen molar-refractivity contribution in [2.24, 2.45) is 4.99 Å². The van der Waals surface area contributed by atoms with Gasteiger partial charge in [0.2, 0.25) is 5.91 Å². The highest BCUT2D eigenvalue weighted by Gasteiger charge is 2.09. The van der Waals surface area contributed by atoms with Crippen LogP contribution in [0.4, 0.5) is 5.69 Å². The summed E-state index contributed by atoms with van der Waals surface area (Å²) in [5, 5.41) is 8.93. The van der Waals surface area contributed by atoms with E-state index in [-0.39, 0.29) is 18.6 Å². The molecule has 1 unspecified atom stereocenters. The molecule has 1 amide bonds. The fraction of sp³-hybridized carbons (Fsp3) is 0.273. The third kappa shape index (κ3) is 6.69. The van der Waals surface area contributed by atoms with Crippen LogP contribution in [-0.4, -0.2) is 38.1 Å². The van der Waals surface area contributed by atoms with E-state index < -0.39 is 0 Å². The summed E-state index contributed by atoms with van der Waals surface area (Å²) in [7, 11) is 1.65. The van der Waals surface area contributed by atoms with E-state index in [1.54, 1.807) is 31.3 Å². The SMILES string of the molecule is C#Cc1cccc(NC(=O)CNC(=NC)NCC(C)Oc2ccccc2C)c1. The molecule has 0 radical (unpaired) electrons. The number of nitrogens with one attached hydrogen (secondary N) is 3. The Morgan fingerprint density at radius 2 is 2.00 bits per heavy atom. The van der Waals surface area contributed by atoms with Crippen molar-refractivity contribution in [3.05, 3.63) is 59.7 Å². The first-order chi connectivity index (χ1) is 13.5. The Hall–Kier alpha value is -3.46. The zero-order chi connectivity index (χ0) is 20.4. The lowest BCUT2D eigenvalue weighted by atomic mass is 10.2. The summed E-state index contributed by atoms with van der Waals surface area (Å²) in [6.07, 6.45) is 5.30. The summed E-state index contributed by atoms with van der Waals surface area (Å²) >= 11 is 0. The predicted molar refractivity (Wildman–Crippen MR) is 114 cm³/mol. The topological polar surface area (TPSA) is 74.8 Å². The van der Waals surface area contributed by atoms with E-state index in [0.29, 0.717) is 23.8 Å². The van der Waals surface area contributed by atoms with Crippen LogP contribution in [0.1, 0.15) is 18.1 Å². The fourth-order valence-electron chi connectivity index (χ4n) is 2.46. The minimum atomic E-state index is -0.193. The maximum Gasteiger partial charge on any atom is 0.243 e. The van der Waals surface area contributed by atoms with Gasteiger partial charge < -0.3 is 20.7 Å². The maximum atomic E-state index is 12.1. The lowest BCUT2D eigenvalue weighted by Crippen LogP contribution is -2.44. The number of terminal acetylenes is 1. The van der Waals surface area contributed by atoms with Gasteiger partial charge in [0.05, 0.1) is 13.1 Å². The lowest BCUT2D eigenvalue weighted by Gasteiger charge is -2.18. The highest BCUT2D eigenvalue weighted by Crippen LogP contribution is 2.17. The van der Waals surface area contributed by atoms with E-state index in [0.717, 1.165) is 11.3 Å². The van der Waals surface area contributed by atoms with E-state index in [9.17, 15) is 4.79 Å². The number of carbonyl (C=O) groups excluding carboxylic acids is 1. The van der Waals surface area contributed by atoms with Gasteiger partial charge >= 0.3 is 0 Å². The number of hydrogen-bond donors (Lipinski definition) is 3. The van der Waals surface area contributed by atoms with Crippen molar-refractivity contribution in [2.45, 2.75) is 20.0 Å². The highest BCUT2D eigenvalue weighted by atomic mass is 16.5. The van der Waals surface area contributed by atoms with Gasteiger partial charge in [0.15, 0.2) is 5.96 Å². The third-order valence-corrected chi connectivity index (χ3v) is 3.93. The van der Waals surface area contributed by atoms with Crippen LogP contribution in [0.5, 0.6) is 5.75 Å². The average Bonchev–Trinajstić information content (AvgIpc) is 2.70. The van der Waals surface area contributed by atoms with E-state index in [2.05, 4.69) is 26.9 Å². The van der Waals surface area contributed by atoms with Gasteiger partial charge in [-0.3, -0.25) is 9.79 Å². The highest BCUT2D eigenvalue weighted by molar-refractivity contribution is 5.95. The maximum absolute atomic E-state index is 12.1. The number of nitrogens with zero attached hydrogens (tertiary/aromatic N) is 1. The van der Waals surface area contributed by atoms with Crippen LogP contribution in [0, 0.1) is 19.3 Å². The van der Waals surface area contributed by atoms with E-state index in [1.807, 2.05) is 38.1 Å². The quantitative estimate of drug-likeness (QED) is 0.393. The summed E-state index contributed by atoms with van der Waals surface area (Å²) in [4.78, 5) is 16.2. The average molecular weight is 378 g/mol. The number of para-hydroxylation sites is 1. The summed E-state index contributed by atoms with van der Waals surface area (Å²) < 4.78 is 5.93. The first-order valence-corrected chi connectivity index (χ1v) is 9.05. The van der Waals surface area contributed by atoms with Crippen LogP contribution >= 0.6 is 0 Å². The number of amides is 1. The molecular weight excluding hydrogens is 352 g/mol. The molecule has 0 aromatic heterocycles. The van der Waals surface area contributed by atoms with Crippen molar-refractivity contribution < 1.29 is 9.53 Å². The molecule has 6 heteroatoms. The molecule has 2 aromatic carbocycles. The monoisotopic (exact) mass is 378 g/mol. The Labute approximate surface area is 166 Å². The Morgan fingerprint density at radius 1 is 1.21 bits per heavy atom. The number of carbonyl (C=O) groups is 1. The standard InChI is InChI=1S/C22H26N4O2/c1-5-18-10-8-11-19(13-18)26-21(27)15-25-22(23-4)24-14-17(3)28-20-12-7-6-9-16(20)2/h1,6-13,17H,14-15H2,2-4H3,(H,26,27)(H2,23,24,25). The van der Waals surface area contributed by atoms with Crippen LogP contribution in [0.25, 0.3) is 0 Å². The molecule has 2 aromatic rings. The molecule has 28 heavy (non-hydrogen) atoms. The van der Waals surface area contributed by atoms with Gasteiger partial charge in [-0.2, -0.15) is 0 Å². The molecule has 0 aliphatic carbocycles. The normalized spacial score (nSPS) is 11.9. The smallest absolute Gasteiger partial charge is 0.243 e. The van der Waals surface area contributed by atoms with Crippen molar-refractivity contribution in [2.75, 3.05) is 25.5 Å². The molecule has 146 valence electrons. The predicted octanol–water partition coefficient (Wildman–Crippen LogP) is 2.55. The molecular formula is C22H26N4O2. The number of aryl methyl sites for hydroxylation is 1. The number of anilines is 1. The number of guanidine groups is 1. The zero-order valence-electron chi connectivity index (χ0n) is 16.5. The molecule has 1 atom stereocenters. The van der Waals surface area contributed by atoms with Gasteiger partial charge in [0.25, 0.3) is 0 Å². The zero-order valence-corrected chi connectivity index (χ0v) is 16.5. The Morgan fingerprint density at radius 3 is 2.71 bits per heavy atom. The first-order valence-electron chi connectivity index (χ1n) is 9.05. The third-order valence-electron chi connectivity index (χ3n) is 3.93.